The summed E-state index contributed by atoms with van der Waals surface area (Å²) in [6.07, 6.45) is 9.17. The molecule has 2 amide bonds. The standard InChI is InChI=1S/C18H33N3O2/c1-14(21-10-6-7-11-21)13-19-18(23)15(2)20-17(22)12-16-8-4-3-5-9-16/h14-16H,3-13H2,1-2H3,(H,19,23)(H,20,22)/t14-,15+/m1/s1. The average Bonchev–Trinajstić information content (AvgIpc) is 3.07. The van der Waals surface area contributed by atoms with Crippen molar-refractivity contribution in [1.29, 1.82) is 0 Å². The van der Waals surface area contributed by atoms with Gasteiger partial charge in [-0.25, -0.2) is 0 Å². The van der Waals surface area contributed by atoms with Gasteiger partial charge in [0.2, 0.25) is 11.8 Å². The molecule has 0 spiro atoms. The first-order valence-corrected chi connectivity index (χ1v) is 9.37. The summed E-state index contributed by atoms with van der Waals surface area (Å²) in [6.45, 7) is 6.84. The summed E-state index contributed by atoms with van der Waals surface area (Å²) in [6, 6.07) is -0.0801. The third-order valence-electron chi connectivity index (χ3n) is 5.31. The van der Waals surface area contributed by atoms with E-state index in [9.17, 15) is 9.59 Å². The summed E-state index contributed by atoms with van der Waals surface area (Å²) in [4.78, 5) is 26.6. The van der Waals surface area contributed by atoms with Crippen LogP contribution in [0.3, 0.4) is 0 Å². The first kappa shape index (κ1) is 18.2. The summed E-state index contributed by atoms with van der Waals surface area (Å²) in [5.41, 5.74) is 0. The molecule has 0 unspecified atom stereocenters. The number of hydrogen-bond donors (Lipinski definition) is 2. The summed E-state index contributed by atoms with van der Waals surface area (Å²) in [5.74, 6) is 0.453. The van der Waals surface area contributed by atoms with Gasteiger partial charge in [0.1, 0.15) is 6.04 Å². The summed E-state index contributed by atoms with van der Waals surface area (Å²) in [5, 5.41) is 5.83. The van der Waals surface area contributed by atoms with Crippen LogP contribution in [0.15, 0.2) is 0 Å². The molecule has 2 N–H and O–H groups in total. The number of likely N-dealkylation sites (tertiary alicyclic amines) is 1. The Hall–Kier alpha value is -1.10. The van der Waals surface area contributed by atoms with E-state index >= 15 is 0 Å². The van der Waals surface area contributed by atoms with Gasteiger partial charge in [-0.1, -0.05) is 19.3 Å². The zero-order chi connectivity index (χ0) is 16.7. The number of nitrogens with zero attached hydrogens (tertiary/aromatic N) is 1. The summed E-state index contributed by atoms with van der Waals surface area (Å²) < 4.78 is 0. The van der Waals surface area contributed by atoms with Crippen LogP contribution in [-0.4, -0.2) is 48.4 Å². The third-order valence-corrected chi connectivity index (χ3v) is 5.31. The minimum absolute atomic E-state index is 0.0205. The second-order valence-electron chi connectivity index (χ2n) is 7.33. The molecule has 0 aromatic rings. The molecule has 132 valence electrons. The minimum Gasteiger partial charge on any atom is -0.353 e. The quantitative estimate of drug-likeness (QED) is 0.754. The highest BCUT2D eigenvalue weighted by Gasteiger charge is 2.22. The topological polar surface area (TPSA) is 61.4 Å². The Labute approximate surface area is 140 Å². The maximum atomic E-state index is 12.1. The van der Waals surface area contributed by atoms with Gasteiger partial charge in [-0.3, -0.25) is 14.5 Å². The van der Waals surface area contributed by atoms with Gasteiger partial charge in [0.05, 0.1) is 0 Å². The van der Waals surface area contributed by atoms with Gasteiger partial charge in [0.25, 0.3) is 0 Å². The Bertz CT molecular complexity index is 388. The molecule has 1 saturated carbocycles. The van der Waals surface area contributed by atoms with E-state index in [0.717, 1.165) is 25.9 Å². The highest BCUT2D eigenvalue weighted by Crippen LogP contribution is 2.26. The molecule has 2 rings (SSSR count). The lowest BCUT2D eigenvalue weighted by atomic mass is 9.87. The lowest BCUT2D eigenvalue weighted by molar-refractivity contribution is -0.129. The van der Waals surface area contributed by atoms with Crippen LogP contribution in [0.2, 0.25) is 0 Å². The van der Waals surface area contributed by atoms with Gasteiger partial charge >= 0.3 is 0 Å². The Balaban J connectivity index is 1.64. The number of rotatable bonds is 7. The lowest BCUT2D eigenvalue weighted by Gasteiger charge is -2.25. The number of hydrogen-bond acceptors (Lipinski definition) is 3. The number of carbonyl (C=O) groups is 2. The van der Waals surface area contributed by atoms with Crippen LogP contribution in [-0.2, 0) is 9.59 Å². The lowest BCUT2D eigenvalue weighted by Crippen LogP contribution is -2.48. The van der Waals surface area contributed by atoms with Crippen molar-refractivity contribution < 1.29 is 9.59 Å². The van der Waals surface area contributed by atoms with Gasteiger partial charge in [-0.05, 0) is 58.5 Å². The fourth-order valence-electron chi connectivity index (χ4n) is 3.73. The van der Waals surface area contributed by atoms with Crippen LogP contribution in [0.5, 0.6) is 0 Å². The first-order chi connectivity index (χ1) is 11.1. The second kappa shape index (κ2) is 9.26. The molecule has 5 heteroatoms. The molecule has 2 aliphatic rings. The largest absolute Gasteiger partial charge is 0.353 e. The Morgan fingerprint density at radius 1 is 1.04 bits per heavy atom. The van der Waals surface area contributed by atoms with Crippen LogP contribution in [0, 0.1) is 5.92 Å². The van der Waals surface area contributed by atoms with Crippen molar-refractivity contribution in [3.63, 3.8) is 0 Å². The highest BCUT2D eigenvalue weighted by molar-refractivity contribution is 5.87. The molecular formula is C18H33N3O2. The first-order valence-electron chi connectivity index (χ1n) is 9.37. The summed E-state index contributed by atoms with van der Waals surface area (Å²) in [7, 11) is 0. The van der Waals surface area contributed by atoms with Crippen molar-refractivity contribution >= 4 is 11.8 Å². The smallest absolute Gasteiger partial charge is 0.242 e. The zero-order valence-electron chi connectivity index (χ0n) is 14.8. The molecular weight excluding hydrogens is 290 g/mol. The Kier molecular flexibility index (Phi) is 7.34. The molecule has 1 heterocycles. The Morgan fingerprint density at radius 2 is 1.70 bits per heavy atom. The molecule has 2 fully saturated rings. The maximum absolute atomic E-state index is 12.1. The molecule has 1 aliphatic heterocycles. The molecule has 23 heavy (non-hydrogen) atoms. The third kappa shape index (κ3) is 6.13. The maximum Gasteiger partial charge on any atom is 0.242 e. The van der Waals surface area contributed by atoms with Crippen LogP contribution >= 0.6 is 0 Å². The van der Waals surface area contributed by atoms with Gasteiger partial charge < -0.3 is 10.6 Å². The normalized spacial score (nSPS) is 22.5. The van der Waals surface area contributed by atoms with E-state index in [0.29, 0.717) is 24.9 Å². The van der Waals surface area contributed by atoms with E-state index in [1.54, 1.807) is 6.92 Å². The zero-order valence-corrected chi connectivity index (χ0v) is 14.8. The molecule has 1 aliphatic carbocycles. The molecule has 0 bridgehead atoms. The fourth-order valence-corrected chi connectivity index (χ4v) is 3.73. The van der Waals surface area contributed by atoms with Crippen LogP contribution in [0.4, 0.5) is 0 Å². The van der Waals surface area contributed by atoms with E-state index in [4.69, 9.17) is 0 Å². The highest BCUT2D eigenvalue weighted by atomic mass is 16.2. The predicted octanol–water partition coefficient (Wildman–Crippen LogP) is 2.06. The van der Waals surface area contributed by atoms with Crippen LogP contribution in [0.25, 0.3) is 0 Å². The van der Waals surface area contributed by atoms with Crippen molar-refractivity contribution in [2.45, 2.75) is 77.3 Å². The van der Waals surface area contributed by atoms with Gasteiger partial charge in [-0.2, -0.15) is 0 Å². The number of amides is 2. The van der Waals surface area contributed by atoms with Crippen molar-refractivity contribution in [3.05, 3.63) is 0 Å². The van der Waals surface area contributed by atoms with Crippen molar-refractivity contribution in [2.24, 2.45) is 5.92 Å². The molecule has 5 nitrogen and oxygen atoms in total. The van der Waals surface area contributed by atoms with E-state index in [-0.39, 0.29) is 11.8 Å². The van der Waals surface area contributed by atoms with Gasteiger partial charge in [-0.15, -0.1) is 0 Å². The predicted molar refractivity (Wildman–Crippen MR) is 92.1 cm³/mol. The van der Waals surface area contributed by atoms with Gasteiger partial charge in [0, 0.05) is 19.0 Å². The molecule has 1 saturated heterocycles. The molecule has 0 aromatic heterocycles. The molecule has 0 radical (unpaired) electrons. The SMILES string of the molecule is C[C@H](NC(=O)CC1CCCCC1)C(=O)NC[C@@H](C)N1CCCC1. The number of nitrogens with one attached hydrogen (secondary N) is 2. The fraction of sp³-hybridized carbons (Fsp3) is 0.889. The van der Waals surface area contributed by atoms with E-state index in [2.05, 4.69) is 22.5 Å². The second-order valence-corrected chi connectivity index (χ2v) is 7.33. The number of carbonyl (C=O) groups excluding carboxylic acids is 2. The monoisotopic (exact) mass is 323 g/mol. The average molecular weight is 323 g/mol. The van der Waals surface area contributed by atoms with Crippen molar-refractivity contribution in [1.82, 2.24) is 15.5 Å². The summed E-state index contributed by atoms with van der Waals surface area (Å²) >= 11 is 0. The Morgan fingerprint density at radius 3 is 2.35 bits per heavy atom. The van der Waals surface area contributed by atoms with E-state index < -0.39 is 6.04 Å². The van der Waals surface area contributed by atoms with E-state index in [1.807, 2.05) is 0 Å². The van der Waals surface area contributed by atoms with Crippen LogP contribution in [0.1, 0.15) is 65.2 Å². The van der Waals surface area contributed by atoms with Crippen molar-refractivity contribution in [2.75, 3.05) is 19.6 Å². The molecule has 2 atom stereocenters. The van der Waals surface area contributed by atoms with Gasteiger partial charge in [0.15, 0.2) is 0 Å². The van der Waals surface area contributed by atoms with Crippen molar-refractivity contribution in [3.8, 4) is 0 Å². The van der Waals surface area contributed by atoms with Crippen LogP contribution < -0.4 is 10.6 Å². The molecule has 0 aromatic carbocycles. The van der Waals surface area contributed by atoms with E-state index in [1.165, 1.54) is 32.1 Å². The minimum atomic E-state index is -0.447.